The molecular formula is C12H15ClFN. The lowest BCUT2D eigenvalue weighted by Gasteiger charge is -2.22. The van der Waals surface area contributed by atoms with Gasteiger partial charge in [0.15, 0.2) is 0 Å². The zero-order chi connectivity index (χ0) is 11.1. The second-order valence-corrected chi connectivity index (χ2v) is 5.02. The standard InChI is InChI=1S/C12H15ClFN/c1-8(12(2)6-7-12)15-11-9(13)4-3-5-10(11)14/h3-5,8,15H,6-7H2,1-2H3. The van der Waals surface area contributed by atoms with Crippen molar-refractivity contribution < 1.29 is 4.39 Å². The summed E-state index contributed by atoms with van der Waals surface area (Å²) >= 11 is 5.94. The van der Waals surface area contributed by atoms with Gasteiger partial charge in [-0.25, -0.2) is 4.39 Å². The molecule has 1 nitrogen and oxygen atoms in total. The van der Waals surface area contributed by atoms with Gasteiger partial charge in [-0.05, 0) is 37.3 Å². The molecule has 82 valence electrons. The van der Waals surface area contributed by atoms with Gasteiger partial charge in [0.05, 0.1) is 10.7 Å². The topological polar surface area (TPSA) is 12.0 Å². The second kappa shape index (κ2) is 3.67. The Kier molecular flexibility index (Phi) is 2.63. The highest BCUT2D eigenvalue weighted by Gasteiger charge is 2.42. The number of anilines is 1. The van der Waals surface area contributed by atoms with Gasteiger partial charge in [-0.3, -0.25) is 0 Å². The minimum absolute atomic E-state index is 0.256. The van der Waals surface area contributed by atoms with Crippen molar-refractivity contribution in [3.05, 3.63) is 29.0 Å². The quantitative estimate of drug-likeness (QED) is 0.821. The molecule has 1 saturated carbocycles. The molecule has 0 spiro atoms. The van der Waals surface area contributed by atoms with Crippen molar-refractivity contribution in [2.24, 2.45) is 5.41 Å². The number of halogens is 2. The SMILES string of the molecule is CC(Nc1c(F)cccc1Cl)C1(C)CC1. The summed E-state index contributed by atoms with van der Waals surface area (Å²) in [5.74, 6) is -0.279. The summed E-state index contributed by atoms with van der Waals surface area (Å²) < 4.78 is 13.5. The Bertz CT molecular complexity index is 354. The van der Waals surface area contributed by atoms with Gasteiger partial charge >= 0.3 is 0 Å². The van der Waals surface area contributed by atoms with Crippen molar-refractivity contribution >= 4 is 17.3 Å². The third-order valence-corrected chi connectivity index (χ3v) is 3.72. The first-order valence-electron chi connectivity index (χ1n) is 5.23. The molecule has 1 N–H and O–H groups in total. The van der Waals surface area contributed by atoms with Crippen LogP contribution >= 0.6 is 11.6 Å². The van der Waals surface area contributed by atoms with E-state index in [9.17, 15) is 4.39 Å². The molecular weight excluding hydrogens is 213 g/mol. The molecule has 1 aliphatic rings. The van der Waals surface area contributed by atoms with Crippen molar-refractivity contribution in [3.63, 3.8) is 0 Å². The largest absolute Gasteiger partial charge is 0.378 e. The predicted octanol–water partition coefficient (Wildman–Crippen LogP) is 4.08. The van der Waals surface area contributed by atoms with Gasteiger partial charge < -0.3 is 5.32 Å². The molecule has 1 unspecified atom stereocenters. The lowest BCUT2D eigenvalue weighted by atomic mass is 10.0. The van der Waals surface area contributed by atoms with Crippen molar-refractivity contribution in [1.82, 2.24) is 0 Å². The molecule has 3 heteroatoms. The van der Waals surface area contributed by atoms with Crippen LogP contribution in [-0.4, -0.2) is 6.04 Å². The van der Waals surface area contributed by atoms with Crippen LogP contribution < -0.4 is 5.32 Å². The highest BCUT2D eigenvalue weighted by atomic mass is 35.5. The third-order valence-electron chi connectivity index (χ3n) is 3.41. The van der Waals surface area contributed by atoms with Crippen LogP contribution in [0.1, 0.15) is 26.7 Å². The average molecular weight is 228 g/mol. The molecule has 1 atom stereocenters. The van der Waals surface area contributed by atoms with Crippen molar-refractivity contribution in [2.45, 2.75) is 32.7 Å². The average Bonchev–Trinajstić information content (AvgIpc) is 2.91. The molecule has 1 aliphatic carbocycles. The minimum atomic E-state index is -0.279. The summed E-state index contributed by atoms with van der Waals surface area (Å²) in [5.41, 5.74) is 0.741. The smallest absolute Gasteiger partial charge is 0.147 e. The maximum atomic E-state index is 13.5. The van der Waals surface area contributed by atoms with Gasteiger partial charge in [0.25, 0.3) is 0 Å². The molecule has 1 aromatic carbocycles. The molecule has 2 rings (SSSR count). The zero-order valence-corrected chi connectivity index (χ0v) is 9.74. The Morgan fingerprint density at radius 1 is 1.47 bits per heavy atom. The third kappa shape index (κ3) is 2.10. The zero-order valence-electron chi connectivity index (χ0n) is 8.98. The fraction of sp³-hybridized carbons (Fsp3) is 0.500. The molecule has 0 aliphatic heterocycles. The summed E-state index contributed by atoms with van der Waals surface area (Å²) in [4.78, 5) is 0. The maximum Gasteiger partial charge on any atom is 0.147 e. The Morgan fingerprint density at radius 2 is 2.13 bits per heavy atom. The minimum Gasteiger partial charge on any atom is -0.378 e. The van der Waals surface area contributed by atoms with Gasteiger partial charge in [0, 0.05) is 6.04 Å². The predicted molar refractivity (Wildman–Crippen MR) is 61.8 cm³/mol. The molecule has 1 aromatic rings. The van der Waals surface area contributed by atoms with Crippen LogP contribution in [0.25, 0.3) is 0 Å². The van der Waals surface area contributed by atoms with Crippen LogP contribution in [-0.2, 0) is 0 Å². The summed E-state index contributed by atoms with van der Waals surface area (Å²) in [7, 11) is 0. The van der Waals surface area contributed by atoms with Crippen LogP contribution in [0.5, 0.6) is 0 Å². The molecule has 0 bridgehead atoms. The second-order valence-electron chi connectivity index (χ2n) is 4.62. The van der Waals surface area contributed by atoms with Crippen LogP contribution in [0.3, 0.4) is 0 Å². The lowest BCUT2D eigenvalue weighted by molar-refractivity contribution is 0.490. The summed E-state index contributed by atoms with van der Waals surface area (Å²) in [5, 5.41) is 3.62. The number of nitrogens with one attached hydrogen (secondary N) is 1. The van der Waals surface area contributed by atoms with Crippen molar-refractivity contribution in [2.75, 3.05) is 5.32 Å². The highest BCUT2D eigenvalue weighted by Crippen LogP contribution is 2.49. The van der Waals surface area contributed by atoms with Crippen molar-refractivity contribution in [3.8, 4) is 0 Å². The highest BCUT2D eigenvalue weighted by molar-refractivity contribution is 6.33. The van der Waals surface area contributed by atoms with E-state index in [0.29, 0.717) is 16.1 Å². The van der Waals surface area contributed by atoms with E-state index in [0.717, 1.165) is 0 Å². The van der Waals surface area contributed by atoms with Gasteiger partial charge in [-0.2, -0.15) is 0 Å². The van der Waals surface area contributed by atoms with E-state index in [2.05, 4.69) is 19.2 Å². The van der Waals surface area contributed by atoms with Gasteiger partial charge in [0.1, 0.15) is 5.82 Å². The van der Waals surface area contributed by atoms with E-state index in [1.54, 1.807) is 12.1 Å². The molecule has 0 aromatic heterocycles. The molecule has 1 fully saturated rings. The number of benzene rings is 1. The van der Waals surface area contributed by atoms with E-state index >= 15 is 0 Å². The van der Waals surface area contributed by atoms with E-state index in [1.807, 2.05) is 0 Å². The lowest BCUT2D eigenvalue weighted by Crippen LogP contribution is -2.25. The summed E-state index contributed by atoms with van der Waals surface area (Å²) in [6.45, 7) is 4.29. The molecule has 0 amide bonds. The fourth-order valence-electron chi connectivity index (χ4n) is 1.66. The first kappa shape index (κ1) is 10.7. The molecule has 15 heavy (non-hydrogen) atoms. The van der Waals surface area contributed by atoms with Crippen LogP contribution in [0.4, 0.5) is 10.1 Å². The number of rotatable bonds is 3. The Morgan fingerprint density at radius 3 is 2.67 bits per heavy atom. The van der Waals surface area contributed by atoms with Gasteiger partial charge in [-0.15, -0.1) is 0 Å². The first-order chi connectivity index (χ1) is 7.03. The van der Waals surface area contributed by atoms with E-state index in [4.69, 9.17) is 11.6 Å². The van der Waals surface area contributed by atoms with Gasteiger partial charge in [0.2, 0.25) is 0 Å². The van der Waals surface area contributed by atoms with Crippen molar-refractivity contribution in [1.29, 1.82) is 0 Å². The molecule has 0 radical (unpaired) electrons. The monoisotopic (exact) mass is 227 g/mol. The first-order valence-corrected chi connectivity index (χ1v) is 5.61. The molecule has 0 heterocycles. The van der Waals surface area contributed by atoms with E-state index in [1.165, 1.54) is 18.9 Å². The van der Waals surface area contributed by atoms with E-state index in [-0.39, 0.29) is 11.9 Å². The van der Waals surface area contributed by atoms with Crippen LogP contribution in [0.2, 0.25) is 5.02 Å². The Hall–Kier alpha value is -0.760. The molecule has 0 saturated heterocycles. The fourth-order valence-corrected chi connectivity index (χ4v) is 1.87. The number of hydrogen-bond donors (Lipinski definition) is 1. The summed E-state index contributed by atoms with van der Waals surface area (Å²) in [6.07, 6.45) is 2.40. The van der Waals surface area contributed by atoms with Crippen LogP contribution in [0, 0.1) is 11.2 Å². The normalized spacial score (nSPS) is 19.7. The van der Waals surface area contributed by atoms with Gasteiger partial charge in [-0.1, -0.05) is 24.6 Å². The Balaban J connectivity index is 2.16. The Labute approximate surface area is 94.6 Å². The summed E-state index contributed by atoms with van der Waals surface area (Å²) in [6, 6.07) is 5.00. The van der Waals surface area contributed by atoms with E-state index < -0.39 is 0 Å². The number of hydrogen-bond acceptors (Lipinski definition) is 1. The number of para-hydroxylation sites is 1. The maximum absolute atomic E-state index is 13.5. The van der Waals surface area contributed by atoms with Crippen LogP contribution in [0.15, 0.2) is 18.2 Å².